The number of hydrogen-bond donors (Lipinski definition) is 1. The standard InChI is InChI=1S/C18H19BrF2N2O2S/c19-14-3-6-17(21)18(11-14)26(24,25)22-16-7-9-23(10-8-16)12-13-1-4-15(20)5-2-13/h1-6,11,16,22H,7-10,12H2. The van der Waals surface area contributed by atoms with E-state index in [0.717, 1.165) is 11.6 Å². The molecule has 2 aromatic rings. The highest BCUT2D eigenvalue weighted by atomic mass is 79.9. The fourth-order valence-electron chi connectivity index (χ4n) is 3.02. The molecule has 0 spiro atoms. The van der Waals surface area contributed by atoms with Crippen molar-refractivity contribution in [1.29, 1.82) is 0 Å². The van der Waals surface area contributed by atoms with E-state index in [1.54, 1.807) is 12.1 Å². The van der Waals surface area contributed by atoms with E-state index >= 15 is 0 Å². The number of halogens is 3. The van der Waals surface area contributed by atoms with Gasteiger partial charge in [-0.15, -0.1) is 0 Å². The summed E-state index contributed by atoms with van der Waals surface area (Å²) in [6, 6.07) is 9.99. The largest absolute Gasteiger partial charge is 0.299 e. The highest BCUT2D eigenvalue weighted by Gasteiger charge is 2.26. The molecule has 3 rings (SSSR count). The molecule has 0 unspecified atom stereocenters. The molecule has 1 N–H and O–H groups in total. The third-order valence-electron chi connectivity index (χ3n) is 4.41. The van der Waals surface area contributed by atoms with Gasteiger partial charge in [-0.3, -0.25) is 4.90 Å². The molecular formula is C18H19BrF2N2O2S. The summed E-state index contributed by atoms with van der Waals surface area (Å²) < 4.78 is 54.9. The summed E-state index contributed by atoms with van der Waals surface area (Å²) in [5, 5.41) is 0. The van der Waals surface area contributed by atoms with E-state index in [2.05, 4.69) is 25.6 Å². The van der Waals surface area contributed by atoms with Crippen molar-refractivity contribution in [1.82, 2.24) is 9.62 Å². The van der Waals surface area contributed by atoms with Crippen LogP contribution in [0.3, 0.4) is 0 Å². The molecule has 1 heterocycles. The maximum absolute atomic E-state index is 13.9. The fourth-order valence-corrected chi connectivity index (χ4v) is 4.94. The normalized spacial score (nSPS) is 16.7. The van der Waals surface area contributed by atoms with Gasteiger partial charge in [0.15, 0.2) is 0 Å². The summed E-state index contributed by atoms with van der Waals surface area (Å²) in [4.78, 5) is 1.85. The molecule has 0 aromatic heterocycles. The number of nitrogens with one attached hydrogen (secondary N) is 1. The van der Waals surface area contributed by atoms with Gasteiger partial charge in [-0.05, 0) is 48.7 Å². The Hall–Kier alpha value is -1.35. The van der Waals surface area contributed by atoms with Gasteiger partial charge in [0.05, 0.1) is 0 Å². The van der Waals surface area contributed by atoms with Crippen LogP contribution >= 0.6 is 15.9 Å². The van der Waals surface area contributed by atoms with Gasteiger partial charge < -0.3 is 0 Å². The minimum absolute atomic E-state index is 0.233. The quantitative estimate of drug-likeness (QED) is 0.765. The molecule has 140 valence electrons. The monoisotopic (exact) mass is 444 g/mol. The molecule has 0 bridgehead atoms. The lowest BCUT2D eigenvalue weighted by Crippen LogP contribution is -2.44. The summed E-state index contributed by atoms with van der Waals surface area (Å²) >= 11 is 3.17. The number of likely N-dealkylation sites (tertiary alicyclic amines) is 1. The van der Waals surface area contributed by atoms with Gasteiger partial charge in [-0.25, -0.2) is 21.9 Å². The third kappa shape index (κ3) is 4.88. The molecule has 1 saturated heterocycles. The molecule has 0 radical (unpaired) electrons. The molecular weight excluding hydrogens is 426 g/mol. The molecule has 1 fully saturated rings. The molecule has 0 saturated carbocycles. The zero-order chi connectivity index (χ0) is 18.7. The van der Waals surface area contributed by atoms with Gasteiger partial charge in [0, 0.05) is 30.1 Å². The first-order valence-corrected chi connectivity index (χ1v) is 10.6. The van der Waals surface area contributed by atoms with Gasteiger partial charge in [0.2, 0.25) is 10.0 Å². The minimum atomic E-state index is -3.91. The van der Waals surface area contributed by atoms with Crippen LogP contribution in [0, 0.1) is 11.6 Å². The Morgan fingerprint density at radius 3 is 2.38 bits per heavy atom. The lowest BCUT2D eigenvalue weighted by Gasteiger charge is -2.32. The second-order valence-corrected chi connectivity index (χ2v) is 8.97. The molecule has 0 aliphatic carbocycles. The van der Waals surface area contributed by atoms with Crippen LogP contribution in [-0.2, 0) is 16.6 Å². The first-order chi connectivity index (χ1) is 12.3. The SMILES string of the molecule is O=S(=O)(NC1CCN(Cc2ccc(F)cc2)CC1)c1cc(Br)ccc1F. The van der Waals surface area contributed by atoms with Crippen molar-refractivity contribution in [2.75, 3.05) is 13.1 Å². The summed E-state index contributed by atoms with van der Waals surface area (Å²) in [6.45, 7) is 2.12. The predicted octanol–water partition coefficient (Wildman–Crippen LogP) is 3.67. The highest BCUT2D eigenvalue weighted by Crippen LogP contribution is 2.22. The van der Waals surface area contributed by atoms with E-state index in [1.807, 2.05) is 0 Å². The second kappa shape index (κ2) is 8.12. The van der Waals surface area contributed by atoms with Crippen LogP contribution < -0.4 is 4.72 Å². The van der Waals surface area contributed by atoms with Crippen molar-refractivity contribution in [2.24, 2.45) is 0 Å². The Labute approximate surface area is 160 Å². The van der Waals surface area contributed by atoms with Crippen LogP contribution in [0.4, 0.5) is 8.78 Å². The molecule has 1 aliphatic heterocycles. The minimum Gasteiger partial charge on any atom is -0.299 e. The molecule has 26 heavy (non-hydrogen) atoms. The molecule has 2 aromatic carbocycles. The number of hydrogen-bond acceptors (Lipinski definition) is 3. The van der Waals surface area contributed by atoms with Gasteiger partial charge in [0.25, 0.3) is 0 Å². The Kier molecular flexibility index (Phi) is 6.06. The maximum Gasteiger partial charge on any atom is 0.243 e. The van der Waals surface area contributed by atoms with E-state index in [4.69, 9.17) is 0 Å². The van der Waals surface area contributed by atoms with Crippen LogP contribution in [0.5, 0.6) is 0 Å². The number of rotatable bonds is 5. The molecule has 0 atom stereocenters. The van der Waals surface area contributed by atoms with Crippen LogP contribution in [-0.4, -0.2) is 32.4 Å². The van der Waals surface area contributed by atoms with Crippen molar-refractivity contribution in [2.45, 2.75) is 30.3 Å². The van der Waals surface area contributed by atoms with E-state index in [0.29, 0.717) is 36.9 Å². The molecule has 0 amide bonds. The van der Waals surface area contributed by atoms with Crippen molar-refractivity contribution in [3.8, 4) is 0 Å². The Morgan fingerprint density at radius 1 is 1.08 bits per heavy atom. The van der Waals surface area contributed by atoms with Gasteiger partial charge >= 0.3 is 0 Å². The van der Waals surface area contributed by atoms with Crippen molar-refractivity contribution in [3.63, 3.8) is 0 Å². The first kappa shape index (κ1) is 19.4. The van der Waals surface area contributed by atoms with Crippen molar-refractivity contribution < 1.29 is 17.2 Å². The highest BCUT2D eigenvalue weighted by molar-refractivity contribution is 9.10. The average molecular weight is 445 g/mol. The Morgan fingerprint density at radius 2 is 1.73 bits per heavy atom. The summed E-state index contributed by atoms with van der Waals surface area (Å²) in [6.07, 6.45) is 1.27. The Bertz CT molecular complexity index is 867. The fraction of sp³-hybridized carbons (Fsp3) is 0.333. The van der Waals surface area contributed by atoms with E-state index < -0.39 is 15.8 Å². The smallest absolute Gasteiger partial charge is 0.243 e. The zero-order valence-corrected chi connectivity index (χ0v) is 16.4. The van der Waals surface area contributed by atoms with Crippen molar-refractivity contribution >= 4 is 26.0 Å². The van der Waals surface area contributed by atoms with Crippen LogP contribution in [0.15, 0.2) is 51.8 Å². The average Bonchev–Trinajstić information content (AvgIpc) is 2.60. The van der Waals surface area contributed by atoms with E-state index in [1.165, 1.54) is 24.3 Å². The topological polar surface area (TPSA) is 49.4 Å². The maximum atomic E-state index is 13.9. The number of benzene rings is 2. The van der Waals surface area contributed by atoms with Crippen LogP contribution in [0.2, 0.25) is 0 Å². The van der Waals surface area contributed by atoms with Crippen LogP contribution in [0.1, 0.15) is 18.4 Å². The van der Waals surface area contributed by atoms with Gasteiger partial charge in [-0.1, -0.05) is 28.1 Å². The zero-order valence-electron chi connectivity index (χ0n) is 14.0. The molecule has 4 nitrogen and oxygen atoms in total. The first-order valence-electron chi connectivity index (χ1n) is 8.28. The second-order valence-electron chi connectivity index (χ2n) is 6.37. The van der Waals surface area contributed by atoms with E-state index in [-0.39, 0.29) is 16.8 Å². The van der Waals surface area contributed by atoms with Crippen LogP contribution in [0.25, 0.3) is 0 Å². The van der Waals surface area contributed by atoms with Gasteiger partial charge in [-0.2, -0.15) is 0 Å². The molecule has 8 heteroatoms. The number of nitrogens with zero attached hydrogens (tertiary/aromatic N) is 1. The third-order valence-corrected chi connectivity index (χ3v) is 6.44. The molecule has 1 aliphatic rings. The lowest BCUT2D eigenvalue weighted by molar-refractivity contribution is 0.200. The summed E-state index contributed by atoms with van der Waals surface area (Å²) in [5.74, 6) is -1.03. The summed E-state index contributed by atoms with van der Waals surface area (Å²) in [7, 11) is -3.91. The van der Waals surface area contributed by atoms with E-state index in [9.17, 15) is 17.2 Å². The predicted molar refractivity (Wildman–Crippen MR) is 99.1 cm³/mol. The van der Waals surface area contributed by atoms with Crippen molar-refractivity contribution in [3.05, 3.63) is 64.1 Å². The Balaban J connectivity index is 1.58. The van der Waals surface area contributed by atoms with Gasteiger partial charge in [0.1, 0.15) is 16.5 Å². The number of sulfonamides is 1. The number of piperidine rings is 1. The summed E-state index contributed by atoms with van der Waals surface area (Å²) in [5.41, 5.74) is 1.02. The lowest BCUT2D eigenvalue weighted by atomic mass is 10.1.